The molecule has 0 spiro atoms. The zero-order chi connectivity index (χ0) is 35.5. The molecule has 0 heterocycles. The first kappa shape index (κ1) is 38.5. The lowest BCUT2D eigenvalue weighted by Gasteiger charge is -2.26. The van der Waals surface area contributed by atoms with Crippen LogP contribution in [0, 0.1) is 18.8 Å². The van der Waals surface area contributed by atoms with Crippen molar-refractivity contribution in [2.24, 2.45) is 11.8 Å². The second kappa shape index (κ2) is 20.4. The van der Waals surface area contributed by atoms with Crippen LogP contribution in [0.1, 0.15) is 17.5 Å². The molecule has 2 rings (SSSR count). The highest BCUT2D eigenvalue weighted by atomic mass is 16.6. The Kier molecular flexibility index (Phi) is 16.4. The Labute approximate surface area is 282 Å². The van der Waals surface area contributed by atoms with Crippen molar-refractivity contribution in [3.8, 4) is 0 Å². The lowest BCUT2D eigenvalue weighted by Crippen LogP contribution is -2.22. The van der Waals surface area contributed by atoms with E-state index in [1.807, 2.05) is 72.5 Å². The number of nitrogens with zero attached hydrogens (tertiary/aromatic N) is 1. The van der Waals surface area contributed by atoms with Crippen LogP contribution in [0.4, 0.5) is 11.4 Å². The van der Waals surface area contributed by atoms with E-state index in [1.54, 1.807) is 0 Å². The molecule has 0 aliphatic heterocycles. The molecule has 0 aromatic heterocycles. The maximum atomic E-state index is 11.6. The van der Waals surface area contributed by atoms with Gasteiger partial charge in [-0.05, 0) is 55.7 Å². The first-order chi connectivity index (χ1) is 23.0. The number of carbonyl (C=O) groups excluding carboxylic acids is 4. The van der Waals surface area contributed by atoms with Gasteiger partial charge < -0.3 is 23.8 Å². The number of allylic oxidation sites excluding steroid dienone is 3. The molecule has 0 aliphatic rings. The molecule has 252 valence electrons. The molecule has 2 aromatic carbocycles. The van der Waals surface area contributed by atoms with Crippen LogP contribution in [0.15, 0.2) is 136 Å². The van der Waals surface area contributed by atoms with Crippen molar-refractivity contribution in [3.05, 3.63) is 147 Å². The number of hydrogen-bond acceptors (Lipinski definition) is 9. The van der Waals surface area contributed by atoms with Crippen molar-refractivity contribution in [2.45, 2.75) is 19.8 Å². The number of hydrogen-bond donors (Lipinski definition) is 0. The standard InChI is InChI=1S/C39H43NO8/c1-8-36(41)45-24-32(25-46-37(42)9-2)22-29(6)12-15-30(7)40(34-18-13-28(5)14-19-34)35-20-16-31(17-21-35)23-33(26-47-38(43)10-3)27-48-39(44)11-4/h8-21,32-33H,1-4,6-7,22-27H2,5H3/b15-12-. The molecular formula is C39H43NO8. The van der Waals surface area contributed by atoms with E-state index >= 15 is 0 Å². The third-order valence-electron chi connectivity index (χ3n) is 6.87. The van der Waals surface area contributed by atoms with Crippen molar-refractivity contribution >= 4 is 35.3 Å². The highest BCUT2D eigenvalue weighted by molar-refractivity contribution is 5.82. The van der Waals surface area contributed by atoms with Crippen LogP contribution in [0.25, 0.3) is 0 Å². The minimum absolute atomic E-state index is 0.0131. The van der Waals surface area contributed by atoms with Crippen molar-refractivity contribution in [1.29, 1.82) is 0 Å². The number of esters is 4. The molecule has 0 N–H and O–H groups in total. The fourth-order valence-corrected chi connectivity index (χ4v) is 4.38. The van der Waals surface area contributed by atoms with E-state index in [-0.39, 0.29) is 38.3 Å². The Morgan fingerprint density at radius 2 is 1.02 bits per heavy atom. The van der Waals surface area contributed by atoms with Crippen LogP contribution in [0.2, 0.25) is 0 Å². The summed E-state index contributed by atoms with van der Waals surface area (Å²) in [6.07, 6.45) is 8.80. The largest absolute Gasteiger partial charge is 0.462 e. The zero-order valence-electron chi connectivity index (χ0n) is 27.4. The van der Waals surface area contributed by atoms with Gasteiger partial charge >= 0.3 is 23.9 Å². The molecule has 2 aromatic rings. The molecule has 0 unspecified atom stereocenters. The number of carbonyl (C=O) groups is 4. The van der Waals surface area contributed by atoms with Gasteiger partial charge in [-0.3, -0.25) is 0 Å². The maximum Gasteiger partial charge on any atom is 0.330 e. The van der Waals surface area contributed by atoms with Crippen LogP contribution in [-0.4, -0.2) is 50.3 Å². The number of anilines is 2. The average Bonchev–Trinajstić information content (AvgIpc) is 3.10. The highest BCUT2D eigenvalue weighted by Gasteiger charge is 2.18. The smallest absolute Gasteiger partial charge is 0.330 e. The maximum absolute atomic E-state index is 11.6. The predicted molar refractivity (Wildman–Crippen MR) is 187 cm³/mol. The summed E-state index contributed by atoms with van der Waals surface area (Å²) in [4.78, 5) is 48.5. The van der Waals surface area contributed by atoms with Crippen molar-refractivity contribution in [3.63, 3.8) is 0 Å². The molecule has 9 nitrogen and oxygen atoms in total. The van der Waals surface area contributed by atoms with E-state index in [9.17, 15) is 19.2 Å². The van der Waals surface area contributed by atoms with E-state index in [2.05, 4.69) is 39.5 Å². The van der Waals surface area contributed by atoms with E-state index in [4.69, 9.17) is 18.9 Å². The Morgan fingerprint density at radius 3 is 1.44 bits per heavy atom. The molecule has 9 heteroatoms. The normalized spacial score (nSPS) is 10.6. The van der Waals surface area contributed by atoms with Gasteiger partial charge in [0.1, 0.15) is 0 Å². The summed E-state index contributed by atoms with van der Waals surface area (Å²) in [6.45, 7) is 24.2. The summed E-state index contributed by atoms with van der Waals surface area (Å²) in [6, 6.07) is 15.8. The van der Waals surface area contributed by atoms with Gasteiger partial charge in [0.2, 0.25) is 0 Å². The van der Waals surface area contributed by atoms with Crippen LogP contribution < -0.4 is 4.90 Å². The second-order valence-corrected chi connectivity index (χ2v) is 10.8. The zero-order valence-corrected chi connectivity index (χ0v) is 27.4. The highest BCUT2D eigenvalue weighted by Crippen LogP contribution is 2.31. The minimum Gasteiger partial charge on any atom is -0.462 e. The van der Waals surface area contributed by atoms with Gasteiger partial charge in [0.15, 0.2) is 0 Å². The summed E-state index contributed by atoms with van der Waals surface area (Å²) in [5.74, 6) is -2.90. The number of aryl methyl sites for hydroxylation is 1. The Bertz CT molecular complexity index is 1470. The summed E-state index contributed by atoms with van der Waals surface area (Å²) < 4.78 is 20.8. The molecule has 0 atom stereocenters. The van der Waals surface area contributed by atoms with Crippen LogP contribution >= 0.6 is 0 Å². The molecular weight excluding hydrogens is 610 g/mol. The van der Waals surface area contributed by atoms with Crippen molar-refractivity contribution < 1.29 is 38.1 Å². The van der Waals surface area contributed by atoms with Crippen molar-refractivity contribution in [2.75, 3.05) is 31.3 Å². The first-order valence-electron chi connectivity index (χ1n) is 15.2. The monoisotopic (exact) mass is 653 g/mol. The average molecular weight is 654 g/mol. The molecule has 0 radical (unpaired) electrons. The molecule has 0 aliphatic carbocycles. The quantitative estimate of drug-likeness (QED) is 0.0619. The fraction of sp³-hybridized carbons (Fsp3) is 0.231. The summed E-state index contributed by atoms with van der Waals surface area (Å²) in [5, 5.41) is 0. The van der Waals surface area contributed by atoms with Gasteiger partial charge in [-0.25, -0.2) is 19.2 Å². The lowest BCUT2D eigenvalue weighted by molar-refractivity contribution is -0.144. The predicted octanol–water partition coefficient (Wildman–Crippen LogP) is 6.84. The summed E-state index contributed by atoms with van der Waals surface area (Å²) in [5.41, 5.74) is 5.10. The minimum atomic E-state index is -0.577. The van der Waals surface area contributed by atoms with Crippen LogP contribution in [0.3, 0.4) is 0 Å². The summed E-state index contributed by atoms with van der Waals surface area (Å²) >= 11 is 0. The second-order valence-electron chi connectivity index (χ2n) is 10.8. The van der Waals surface area contributed by atoms with Gasteiger partial charge in [-0.1, -0.05) is 81.0 Å². The van der Waals surface area contributed by atoms with Gasteiger partial charge in [0.05, 0.1) is 26.4 Å². The van der Waals surface area contributed by atoms with E-state index in [1.165, 1.54) is 0 Å². The number of benzene rings is 2. The Morgan fingerprint density at radius 1 is 0.625 bits per heavy atom. The van der Waals surface area contributed by atoms with E-state index in [0.717, 1.165) is 46.8 Å². The van der Waals surface area contributed by atoms with Gasteiger partial charge in [-0.15, -0.1) is 0 Å². The molecule has 0 saturated heterocycles. The first-order valence-corrected chi connectivity index (χ1v) is 15.2. The van der Waals surface area contributed by atoms with E-state index < -0.39 is 23.9 Å². The van der Waals surface area contributed by atoms with Crippen molar-refractivity contribution in [1.82, 2.24) is 0 Å². The molecule has 0 saturated carbocycles. The number of ether oxygens (including phenoxy) is 4. The third kappa shape index (κ3) is 13.7. The summed E-state index contributed by atoms with van der Waals surface area (Å²) in [7, 11) is 0. The Hall–Kier alpha value is -5.70. The molecule has 48 heavy (non-hydrogen) atoms. The molecule has 0 fully saturated rings. The lowest BCUT2D eigenvalue weighted by atomic mass is 10.00. The molecule has 0 bridgehead atoms. The van der Waals surface area contributed by atoms with Gasteiger partial charge in [-0.2, -0.15) is 0 Å². The molecule has 0 amide bonds. The number of rotatable bonds is 21. The van der Waals surface area contributed by atoms with Gasteiger partial charge in [0.25, 0.3) is 0 Å². The van der Waals surface area contributed by atoms with Crippen LogP contribution in [0.5, 0.6) is 0 Å². The van der Waals surface area contributed by atoms with Crippen LogP contribution in [-0.2, 0) is 44.5 Å². The Balaban J connectivity index is 2.26. The van der Waals surface area contributed by atoms with E-state index in [0.29, 0.717) is 24.1 Å². The fourth-order valence-electron chi connectivity index (χ4n) is 4.38. The SMILES string of the molecule is C=CC(=O)OCC(COC(=O)C=C)CC(=C)/C=C\C(=C)N(c1ccc(C)cc1)c1ccc(CC(COC(=O)C=C)COC(=O)C=C)cc1. The topological polar surface area (TPSA) is 108 Å². The third-order valence-corrected chi connectivity index (χ3v) is 6.87. The van der Waals surface area contributed by atoms with Gasteiger partial charge in [0, 0.05) is 53.2 Å².